The van der Waals surface area contributed by atoms with E-state index in [1.807, 2.05) is 49.4 Å². The van der Waals surface area contributed by atoms with Gasteiger partial charge in [-0.25, -0.2) is 0 Å². The van der Waals surface area contributed by atoms with E-state index in [0.717, 1.165) is 47.7 Å². The fraction of sp³-hybridized carbons (Fsp3) is 0.350. The average Bonchev–Trinajstić information content (AvgIpc) is 2.57. The van der Waals surface area contributed by atoms with E-state index in [1.165, 1.54) is 0 Å². The number of rotatable bonds is 8. The molecule has 0 spiro atoms. The molecule has 0 unspecified atom stereocenters. The minimum Gasteiger partial charge on any atom is -0.494 e. The van der Waals surface area contributed by atoms with E-state index in [2.05, 4.69) is 12.2 Å². The molecule has 128 valence electrons. The second-order valence-electron chi connectivity index (χ2n) is 5.93. The van der Waals surface area contributed by atoms with Crippen LogP contribution in [-0.2, 0) is 11.2 Å². The van der Waals surface area contributed by atoms with Crippen molar-refractivity contribution in [2.45, 2.75) is 39.5 Å². The highest BCUT2D eigenvalue weighted by molar-refractivity contribution is 5.91. The predicted molar refractivity (Wildman–Crippen MR) is 99.4 cm³/mol. The first-order valence-corrected chi connectivity index (χ1v) is 8.47. The van der Waals surface area contributed by atoms with Crippen LogP contribution in [0.15, 0.2) is 42.5 Å². The Hall–Kier alpha value is -2.49. The van der Waals surface area contributed by atoms with E-state index in [-0.39, 0.29) is 5.91 Å². The number of aryl methyl sites for hydroxylation is 2. The van der Waals surface area contributed by atoms with Crippen molar-refractivity contribution in [3.05, 3.63) is 53.6 Å². The largest absolute Gasteiger partial charge is 0.494 e. The zero-order chi connectivity index (χ0) is 17.4. The molecule has 0 saturated heterocycles. The maximum absolute atomic E-state index is 12.2. The number of carbonyl (C=O) groups excluding carboxylic acids is 1. The molecule has 0 aromatic heterocycles. The van der Waals surface area contributed by atoms with Crippen molar-refractivity contribution in [2.75, 3.05) is 17.7 Å². The third kappa shape index (κ3) is 5.30. The molecule has 24 heavy (non-hydrogen) atoms. The lowest BCUT2D eigenvalue weighted by Crippen LogP contribution is -2.13. The Morgan fingerprint density at radius 1 is 1.21 bits per heavy atom. The lowest BCUT2D eigenvalue weighted by Gasteiger charge is -2.11. The molecule has 2 aromatic rings. The van der Waals surface area contributed by atoms with E-state index < -0.39 is 0 Å². The zero-order valence-corrected chi connectivity index (χ0v) is 14.5. The molecule has 0 aliphatic heterocycles. The van der Waals surface area contributed by atoms with Crippen molar-refractivity contribution in [3.63, 3.8) is 0 Å². The maximum Gasteiger partial charge on any atom is 0.224 e. The standard InChI is InChI=1S/C20H26N2O2/c1-3-4-13-24-17-10-11-19(15(2)14-17)22-20(23)12-9-16-7-5-6-8-18(16)21/h5-8,10-11,14H,3-4,9,12-13,21H2,1-2H3,(H,22,23). The van der Waals surface area contributed by atoms with Crippen LogP contribution in [0.4, 0.5) is 11.4 Å². The molecule has 0 aliphatic carbocycles. The van der Waals surface area contributed by atoms with Gasteiger partial charge in [-0.1, -0.05) is 31.5 Å². The molecule has 2 aromatic carbocycles. The SMILES string of the molecule is CCCCOc1ccc(NC(=O)CCc2ccccc2N)c(C)c1. The highest BCUT2D eigenvalue weighted by Gasteiger charge is 2.07. The summed E-state index contributed by atoms with van der Waals surface area (Å²) in [6.07, 6.45) is 3.19. The van der Waals surface area contributed by atoms with Crippen molar-refractivity contribution < 1.29 is 9.53 Å². The molecule has 3 N–H and O–H groups in total. The Morgan fingerprint density at radius 3 is 2.71 bits per heavy atom. The number of hydrogen-bond acceptors (Lipinski definition) is 3. The number of unbranched alkanes of at least 4 members (excludes halogenated alkanes) is 1. The van der Waals surface area contributed by atoms with Crippen LogP contribution in [0.25, 0.3) is 0 Å². The van der Waals surface area contributed by atoms with Gasteiger partial charge in [0.2, 0.25) is 5.91 Å². The summed E-state index contributed by atoms with van der Waals surface area (Å²) >= 11 is 0. The van der Waals surface area contributed by atoms with Crippen molar-refractivity contribution in [3.8, 4) is 5.75 Å². The summed E-state index contributed by atoms with van der Waals surface area (Å²) in [6.45, 7) is 4.83. The van der Waals surface area contributed by atoms with Crippen molar-refractivity contribution >= 4 is 17.3 Å². The molecule has 0 bridgehead atoms. The van der Waals surface area contributed by atoms with Crippen LogP contribution in [0.5, 0.6) is 5.75 Å². The van der Waals surface area contributed by atoms with E-state index in [0.29, 0.717) is 12.8 Å². The minimum atomic E-state index is -0.0130. The third-order valence-electron chi connectivity index (χ3n) is 3.92. The summed E-state index contributed by atoms with van der Waals surface area (Å²) in [6, 6.07) is 13.4. The number of anilines is 2. The molecule has 0 fully saturated rings. The lowest BCUT2D eigenvalue weighted by atomic mass is 10.1. The molecule has 1 amide bonds. The number of benzene rings is 2. The summed E-state index contributed by atoms with van der Waals surface area (Å²) < 4.78 is 5.68. The van der Waals surface area contributed by atoms with Gasteiger partial charge in [-0.2, -0.15) is 0 Å². The number of nitrogen functional groups attached to an aromatic ring is 1. The van der Waals surface area contributed by atoms with Gasteiger partial charge in [0.1, 0.15) is 5.75 Å². The summed E-state index contributed by atoms with van der Waals surface area (Å²) in [7, 11) is 0. The summed E-state index contributed by atoms with van der Waals surface area (Å²) in [5.74, 6) is 0.831. The second-order valence-corrected chi connectivity index (χ2v) is 5.93. The van der Waals surface area contributed by atoms with Crippen molar-refractivity contribution in [1.29, 1.82) is 0 Å². The molecule has 2 rings (SSSR count). The Kier molecular flexibility index (Phi) is 6.67. The van der Waals surface area contributed by atoms with E-state index in [1.54, 1.807) is 0 Å². The number of hydrogen-bond donors (Lipinski definition) is 2. The minimum absolute atomic E-state index is 0.0130. The number of nitrogens with one attached hydrogen (secondary N) is 1. The molecular formula is C20H26N2O2. The van der Waals surface area contributed by atoms with E-state index in [4.69, 9.17) is 10.5 Å². The molecule has 0 aliphatic rings. The lowest BCUT2D eigenvalue weighted by molar-refractivity contribution is -0.116. The highest BCUT2D eigenvalue weighted by Crippen LogP contribution is 2.22. The Balaban J connectivity index is 1.88. The van der Waals surface area contributed by atoms with Crippen LogP contribution in [0.1, 0.15) is 37.3 Å². The van der Waals surface area contributed by atoms with Gasteiger partial charge in [-0.3, -0.25) is 4.79 Å². The van der Waals surface area contributed by atoms with Crippen molar-refractivity contribution in [2.24, 2.45) is 0 Å². The van der Waals surface area contributed by atoms with Crippen molar-refractivity contribution in [1.82, 2.24) is 0 Å². The highest BCUT2D eigenvalue weighted by atomic mass is 16.5. The van der Waals surface area contributed by atoms with Gasteiger partial charge in [0, 0.05) is 17.8 Å². The number of para-hydroxylation sites is 1. The zero-order valence-electron chi connectivity index (χ0n) is 14.5. The fourth-order valence-corrected chi connectivity index (χ4v) is 2.42. The van der Waals surface area contributed by atoms with Crippen LogP contribution in [0.2, 0.25) is 0 Å². The molecule has 0 heterocycles. The van der Waals surface area contributed by atoms with Gasteiger partial charge in [0.15, 0.2) is 0 Å². The quantitative estimate of drug-likeness (QED) is 0.560. The second kappa shape index (κ2) is 8.96. The monoisotopic (exact) mass is 326 g/mol. The summed E-state index contributed by atoms with van der Waals surface area (Å²) in [4.78, 5) is 12.2. The fourth-order valence-electron chi connectivity index (χ4n) is 2.42. The molecule has 0 atom stereocenters. The van der Waals surface area contributed by atoms with Gasteiger partial charge in [0.05, 0.1) is 6.61 Å². The van der Waals surface area contributed by atoms with Crippen LogP contribution in [0, 0.1) is 6.92 Å². The van der Waals surface area contributed by atoms with Gasteiger partial charge in [0.25, 0.3) is 0 Å². The molecule has 4 nitrogen and oxygen atoms in total. The average molecular weight is 326 g/mol. The maximum atomic E-state index is 12.2. The van der Waals surface area contributed by atoms with Crippen LogP contribution < -0.4 is 15.8 Å². The number of carbonyl (C=O) groups is 1. The first kappa shape index (κ1) is 17.9. The van der Waals surface area contributed by atoms with Gasteiger partial charge < -0.3 is 15.8 Å². The molecule has 0 saturated carbocycles. The first-order chi connectivity index (χ1) is 11.6. The van der Waals surface area contributed by atoms with Gasteiger partial charge in [-0.15, -0.1) is 0 Å². The predicted octanol–water partition coefficient (Wildman–Crippen LogP) is 4.33. The summed E-state index contributed by atoms with van der Waals surface area (Å²) in [5.41, 5.74) is 9.46. The van der Waals surface area contributed by atoms with E-state index >= 15 is 0 Å². The van der Waals surface area contributed by atoms with Gasteiger partial charge in [-0.05, 0) is 55.2 Å². The number of nitrogens with two attached hydrogens (primary N) is 1. The molecular weight excluding hydrogens is 300 g/mol. The molecule has 0 radical (unpaired) electrons. The van der Waals surface area contributed by atoms with Crippen LogP contribution in [-0.4, -0.2) is 12.5 Å². The van der Waals surface area contributed by atoms with Crippen LogP contribution in [0.3, 0.4) is 0 Å². The van der Waals surface area contributed by atoms with Crippen LogP contribution >= 0.6 is 0 Å². The topological polar surface area (TPSA) is 64.3 Å². The van der Waals surface area contributed by atoms with Gasteiger partial charge >= 0.3 is 0 Å². The number of amides is 1. The smallest absolute Gasteiger partial charge is 0.224 e. The Bertz CT molecular complexity index is 683. The first-order valence-electron chi connectivity index (χ1n) is 8.47. The van der Waals surface area contributed by atoms with E-state index in [9.17, 15) is 4.79 Å². The Labute approximate surface area is 144 Å². The third-order valence-corrected chi connectivity index (χ3v) is 3.92. The normalized spacial score (nSPS) is 10.4. The molecule has 4 heteroatoms. The summed E-state index contributed by atoms with van der Waals surface area (Å²) in [5, 5.41) is 2.96. The Morgan fingerprint density at radius 2 is 2.00 bits per heavy atom. The number of ether oxygens (including phenoxy) is 1.